The van der Waals surface area contributed by atoms with Crippen molar-refractivity contribution in [3.63, 3.8) is 0 Å². The van der Waals surface area contributed by atoms with E-state index in [1.165, 1.54) is 0 Å². The summed E-state index contributed by atoms with van der Waals surface area (Å²) in [6, 6.07) is 0. The number of fused-ring (bicyclic) bond motifs is 1. The van der Waals surface area contributed by atoms with Gasteiger partial charge in [0.05, 0.1) is 12.0 Å². The molecule has 2 rings (SSSR count). The number of carboxylic acid groups (broad SMARTS) is 2. The van der Waals surface area contributed by atoms with E-state index in [4.69, 9.17) is 4.74 Å². The van der Waals surface area contributed by atoms with E-state index in [1.54, 1.807) is 6.92 Å². The van der Waals surface area contributed by atoms with Crippen molar-refractivity contribution < 1.29 is 29.3 Å². The molecule has 2 aliphatic rings. The van der Waals surface area contributed by atoms with E-state index in [0.717, 1.165) is 19.3 Å². The van der Waals surface area contributed by atoms with Crippen LogP contribution in [0.3, 0.4) is 0 Å². The Morgan fingerprint density at radius 1 is 1.15 bits per heavy atom. The summed E-state index contributed by atoms with van der Waals surface area (Å²) in [5.74, 6) is -5.50. The summed E-state index contributed by atoms with van der Waals surface area (Å²) >= 11 is 0. The van der Waals surface area contributed by atoms with Gasteiger partial charge in [-0.3, -0.25) is 14.4 Å². The quantitative estimate of drug-likeness (QED) is 0.586. The van der Waals surface area contributed by atoms with Gasteiger partial charge in [0.2, 0.25) is 0 Å². The SMILES string of the molecule is CCOC(=O)C(C(=O)O)C1(C(=O)O)C2CCCCCC21. The number of carbonyl (C=O) groups excluding carboxylic acids is 1. The minimum Gasteiger partial charge on any atom is -0.481 e. The van der Waals surface area contributed by atoms with Crippen LogP contribution >= 0.6 is 0 Å². The number of hydrogen-bond donors (Lipinski definition) is 2. The van der Waals surface area contributed by atoms with Crippen molar-refractivity contribution in [3.05, 3.63) is 0 Å². The Hall–Kier alpha value is -1.59. The van der Waals surface area contributed by atoms with Gasteiger partial charge in [0.15, 0.2) is 5.92 Å². The molecule has 2 aliphatic carbocycles. The Balaban J connectivity index is 2.34. The normalized spacial score (nSPS) is 33.5. The molecule has 0 radical (unpaired) electrons. The molecule has 3 atom stereocenters. The second kappa shape index (κ2) is 5.42. The highest BCUT2D eigenvalue weighted by molar-refractivity contribution is 6.01. The van der Waals surface area contributed by atoms with E-state index in [9.17, 15) is 24.6 Å². The first kappa shape index (κ1) is 14.8. The monoisotopic (exact) mass is 284 g/mol. The maximum atomic E-state index is 11.9. The first-order valence-corrected chi connectivity index (χ1v) is 7.10. The van der Waals surface area contributed by atoms with Crippen LogP contribution in [0.25, 0.3) is 0 Å². The zero-order chi connectivity index (χ0) is 14.9. The molecule has 2 saturated carbocycles. The van der Waals surface area contributed by atoms with Crippen LogP contribution in [0.15, 0.2) is 0 Å². The summed E-state index contributed by atoms with van der Waals surface area (Å²) in [7, 11) is 0. The Bertz CT molecular complexity index is 417. The van der Waals surface area contributed by atoms with Crippen molar-refractivity contribution in [2.75, 3.05) is 6.61 Å². The number of carboxylic acids is 2. The van der Waals surface area contributed by atoms with Crippen molar-refractivity contribution >= 4 is 17.9 Å². The van der Waals surface area contributed by atoms with Gasteiger partial charge in [-0.2, -0.15) is 0 Å². The smallest absolute Gasteiger partial charge is 0.321 e. The minimum atomic E-state index is -1.59. The number of ether oxygens (including phenoxy) is 1. The van der Waals surface area contributed by atoms with Crippen LogP contribution in [0.5, 0.6) is 0 Å². The van der Waals surface area contributed by atoms with E-state index in [1.807, 2.05) is 0 Å². The highest BCUT2D eigenvalue weighted by Gasteiger charge is 2.76. The van der Waals surface area contributed by atoms with Gasteiger partial charge in [-0.25, -0.2) is 0 Å². The summed E-state index contributed by atoms with van der Waals surface area (Å²) in [5.41, 5.74) is -1.46. The van der Waals surface area contributed by atoms with Gasteiger partial charge >= 0.3 is 17.9 Å². The van der Waals surface area contributed by atoms with E-state index in [-0.39, 0.29) is 18.4 Å². The van der Waals surface area contributed by atoms with E-state index in [0.29, 0.717) is 12.8 Å². The molecule has 0 bridgehead atoms. The molecule has 6 nitrogen and oxygen atoms in total. The first-order valence-electron chi connectivity index (χ1n) is 7.10. The predicted octanol–water partition coefficient (Wildman–Crippen LogP) is 1.53. The Labute approximate surface area is 117 Å². The van der Waals surface area contributed by atoms with Crippen LogP contribution in [0.4, 0.5) is 0 Å². The van der Waals surface area contributed by atoms with Gasteiger partial charge in [-0.15, -0.1) is 0 Å². The second-order valence-electron chi connectivity index (χ2n) is 5.61. The van der Waals surface area contributed by atoms with Gasteiger partial charge in [-0.1, -0.05) is 19.3 Å². The largest absolute Gasteiger partial charge is 0.481 e. The maximum Gasteiger partial charge on any atom is 0.321 e. The number of aliphatic carboxylic acids is 2. The predicted molar refractivity (Wildman–Crippen MR) is 67.9 cm³/mol. The molecule has 0 aromatic rings. The summed E-state index contributed by atoms with van der Waals surface area (Å²) in [6.07, 6.45) is 4.19. The second-order valence-corrected chi connectivity index (χ2v) is 5.61. The average Bonchev–Trinajstić information content (AvgIpc) is 3.03. The fourth-order valence-corrected chi connectivity index (χ4v) is 3.94. The number of hydrogen-bond acceptors (Lipinski definition) is 4. The van der Waals surface area contributed by atoms with Gasteiger partial charge < -0.3 is 14.9 Å². The third-order valence-electron chi connectivity index (χ3n) is 4.75. The molecule has 2 fully saturated rings. The number of rotatable bonds is 5. The first-order chi connectivity index (χ1) is 9.47. The molecule has 0 heterocycles. The zero-order valence-electron chi connectivity index (χ0n) is 11.5. The molecule has 20 heavy (non-hydrogen) atoms. The fraction of sp³-hybridized carbons (Fsp3) is 0.786. The molecular weight excluding hydrogens is 264 g/mol. The van der Waals surface area contributed by atoms with Gasteiger partial charge in [0, 0.05) is 0 Å². The van der Waals surface area contributed by atoms with Crippen LogP contribution in [0, 0.1) is 23.2 Å². The Morgan fingerprint density at radius 3 is 2.10 bits per heavy atom. The molecule has 0 aromatic carbocycles. The average molecular weight is 284 g/mol. The van der Waals surface area contributed by atoms with Crippen LogP contribution in [-0.4, -0.2) is 34.7 Å². The molecule has 0 spiro atoms. The molecular formula is C14H20O6. The van der Waals surface area contributed by atoms with Crippen LogP contribution < -0.4 is 0 Å². The van der Waals surface area contributed by atoms with Crippen molar-refractivity contribution in [1.82, 2.24) is 0 Å². The minimum absolute atomic E-state index is 0.0493. The molecule has 0 aromatic heterocycles. The maximum absolute atomic E-state index is 11.9. The highest BCUT2D eigenvalue weighted by atomic mass is 16.5. The van der Waals surface area contributed by atoms with Crippen LogP contribution in [0.2, 0.25) is 0 Å². The topological polar surface area (TPSA) is 101 Å². The van der Waals surface area contributed by atoms with Gasteiger partial charge in [0.25, 0.3) is 0 Å². The van der Waals surface area contributed by atoms with E-state index < -0.39 is 29.2 Å². The summed E-state index contributed by atoms with van der Waals surface area (Å²) < 4.78 is 4.80. The van der Waals surface area contributed by atoms with Crippen molar-refractivity contribution in [1.29, 1.82) is 0 Å². The lowest BCUT2D eigenvalue weighted by Crippen LogP contribution is -2.41. The highest BCUT2D eigenvalue weighted by Crippen LogP contribution is 2.68. The van der Waals surface area contributed by atoms with E-state index in [2.05, 4.69) is 0 Å². The van der Waals surface area contributed by atoms with Crippen LogP contribution in [0.1, 0.15) is 39.0 Å². The summed E-state index contributed by atoms with van der Waals surface area (Å²) in [5, 5.41) is 18.9. The molecule has 2 N–H and O–H groups in total. The molecule has 3 unspecified atom stereocenters. The molecule has 0 saturated heterocycles. The lowest BCUT2D eigenvalue weighted by molar-refractivity contribution is -0.170. The number of carbonyl (C=O) groups is 3. The summed E-state index contributed by atoms with van der Waals surface area (Å²) in [4.78, 5) is 35.2. The number of esters is 1. The third-order valence-corrected chi connectivity index (χ3v) is 4.75. The molecule has 0 amide bonds. The molecule has 0 aliphatic heterocycles. The van der Waals surface area contributed by atoms with E-state index >= 15 is 0 Å². The van der Waals surface area contributed by atoms with Crippen molar-refractivity contribution in [2.45, 2.75) is 39.0 Å². The van der Waals surface area contributed by atoms with Crippen molar-refractivity contribution in [3.8, 4) is 0 Å². The molecule has 112 valence electrons. The van der Waals surface area contributed by atoms with Gasteiger partial charge in [-0.05, 0) is 31.6 Å². The third kappa shape index (κ3) is 2.07. The molecule has 6 heteroatoms. The fourth-order valence-electron chi connectivity index (χ4n) is 3.94. The zero-order valence-corrected chi connectivity index (χ0v) is 11.5. The Morgan fingerprint density at radius 2 is 1.70 bits per heavy atom. The van der Waals surface area contributed by atoms with Gasteiger partial charge in [0.1, 0.15) is 0 Å². The summed E-state index contributed by atoms with van der Waals surface area (Å²) in [6.45, 7) is 1.63. The lowest BCUT2D eigenvalue weighted by atomic mass is 9.82. The Kier molecular flexibility index (Phi) is 4.01. The lowest BCUT2D eigenvalue weighted by Gasteiger charge is -2.21. The standard InChI is InChI=1S/C14H20O6/c1-2-20-12(17)10(11(15)16)14(13(18)19)8-6-4-3-5-7-9(8)14/h8-10H,2-7H2,1H3,(H,15,16)(H,18,19). The van der Waals surface area contributed by atoms with Crippen LogP contribution in [-0.2, 0) is 19.1 Å². The van der Waals surface area contributed by atoms with Crippen molar-refractivity contribution in [2.24, 2.45) is 23.2 Å².